The van der Waals surface area contributed by atoms with Gasteiger partial charge in [-0.3, -0.25) is 14.6 Å². The number of nitrogens with one attached hydrogen (secondary N) is 1. The molecule has 2 amide bonds. The van der Waals surface area contributed by atoms with Gasteiger partial charge in [0.05, 0.1) is 5.41 Å². The van der Waals surface area contributed by atoms with E-state index in [-0.39, 0.29) is 23.7 Å². The number of pyridine rings is 1. The van der Waals surface area contributed by atoms with Crippen molar-refractivity contribution in [3.8, 4) is 0 Å². The van der Waals surface area contributed by atoms with Crippen molar-refractivity contribution in [2.24, 2.45) is 0 Å². The average molecular weight is 353 g/mol. The van der Waals surface area contributed by atoms with Gasteiger partial charge in [0.2, 0.25) is 11.8 Å². The lowest BCUT2D eigenvalue weighted by molar-refractivity contribution is -0.129. The average Bonchev–Trinajstić information content (AvgIpc) is 3.21. The molecule has 0 radical (unpaired) electrons. The molecule has 26 heavy (non-hydrogen) atoms. The fraction of sp³-hybridized carbons (Fsp3) is 0.350. The van der Waals surface area contributed by atoms with Crippen LogP contribution in [0.1, 0.15) is 30.4 Å². The highest BCUT2D eigenvalue weighted by Crippen LogP contribution is 2.43. The molecule has 0 spiro atoms. The van der Waals surface area contributed by atoms with E-state index < -0.39 is 5.41 Å². The summed E-state index contributed by atoms with van der Waals surface area (Å²) in [7, 11) is 0. The second-order valence-electron chi connectivity index (χ2n) is 7.05. The van der Waals surface area contributed by atoms with E-state index >= 15 is 0 Å². The van der Waals surface area contributed by atoms with Gasteiger partial charge in [-0.05, 0) is 48.2 Å². The largest absolute Gasteiger partial charge is 0.351 e. The number of hydrogen-bond acceptors (Lipinski definition) is 3. The Balaban J connectivity index is 1.62. The van der Waals surface area contributed by atoms with Crippen LogP contribution in [0.3, 0.4) is 0 Å². The van der Waals surface area contributed by atoms with Gasteiger partial charge in [-0.1, -0.05) is 12.1 Å². The van der Waals surface area contributed by atoms with Crippen LogP contribution in [0.5, 0.6) is 0 Å². The summed E-state index contributed by atoms with van der Waals surface area (Å²) in [4.78, 5) is 31.2. The van der Waals surface area contributed by atoms with Crippen molar-refractivity contribution in [3.63, 3.8) is 0 Å². The molecule has 134 valence electrons. The Hall–Kier alpha value is -2.76. The van der Waals surface area contributed by atoms with Crippen LogP contribution < -0.4 is 5.32 Å². The zero-order valence-electron chi connectivity index (χ0n) is 14.3. The van der Waals surface area contributed by atoms with Crippen molar-refractivity contribution >= 4 is 11.8 Å². The molecule has 0 unspecified atom stereocenters. The number of benzene rings is 1. The van der Waals surface area contributed by atoms with Crippen LogP contribution in [0, 0.1) is 5.82 Å². The first-order valence-corrected chi connectivity index (χ1v) is 8.81. The van der Waals surface area contributed by atoms with Gasteiger partial charge in [0.15, 0.2) is 0 Å². The first-order chi connectivity index (χ1) is 12.6. The number of nitrogens with zero attached hydrogens (tertiary/aromatic N) is 2. The quantitative estimate of drug-likeness (QED) is 0.916. The van der Waals surface area contributed by atoms with E-state index in [1.165, 1.54) is 12.1 Å². The number of fused-ring (bicyclic) bond motifs is 1. The van der Waals surface area contributed by atoms with Crippen molar-refractivity contribution in [1.29, 1.82) is 0 Å². The summed E-state index contributed by atoms with van der Waals surface area (Å²) < 4.78 is 13.4. The second kappa shape index (κ2) is 6.52. The molecule has 0 aliphatic carbocycles. The molecule has 1 aromatic carbocycles. The SMILES string of the molecule is O=C1CC[C@H]2C[C@@](C(=O)NCc3ccncc3)(c3ccc(F)cc3)CN12. The molecule has 6 heteroatoms. The maximum Gasteiger partial charge on any atom is 0.232 e. The van der Waals surface area contributed by atoms with Crippen molar-refractivity contribution in [2.75, 3.05) is 6.54 Å². The molecule has 0 saturated carbocycles. The van der Waals surface area contributed by atoms with E-state index in [0.717, 1.165) is 17.5 Å². The first kappa shape index (κ1) is 16.7. The van der Waals surface area contributed by atoms with Crippen LogP contribution in [-0.4, -0.2) is 34.3 Å². The van der Waals surface area contributed by atoms with Gasteiger partial charge in [0.1, 0.15) is 5.82 Å². The van der Waals surface area contributed by atoms with Crippen LogP contribution >= 0.6 is 0 Å². The zero-order chi connectivity index (χ0) is 18.1. The predicted octanol–water partition coefficient (Wildman–Crippen LogP) is 2.17. The Bertz CT molecular complexity index is 825. The van der Waals surface area contributed by atoms with E-state index in [0.29, 0.717) is 25.9 Å². The number of carbonyl (C=O) groups excluding carboxylic acids is 2. The summed E-state index contributed by atoms with van der Waals surface area (Å²) >= 11 is 0. The molecule has 1 N–H and O–H groups in total. The first-order valence-electron chi connectivity index (χ1n) is 8.81. The minimum Gasteiger partial charge on any atom is -0.351 e. The zero-order valence-corrected chi connectivity index (χ0v) is 14.3. The highest BCUT2D eigenvalue weighted by atomic mass is 19.1. The minimum atomic E-state index is -0.832. The Kier molecular flexibility index (Phi) is 4.18. The van der Waals surface area contributed by atoms with Gasteiger partial charge in [-0.25, -0.2) is 4.39 Å². The Labute approximate surface area is 151 Å². The lowest BCUT2D eigenvalue weighted by atomic mass is 9.77. The monoisotopic (exact) mass is 353 g/mol. The maximum atomic E-state index is 13.4. The van der Waals surface area contributed by atoms with Crippen molar-refractivity contribution < 1.29 is 14.0 Å². The molecule has 3 heterocycles. The van der Waals surface area contributed by atoms with Gasteiger partial charge < -0.3 is 10.2 Å². The number of carbonyl (C=O) groups is 2. The number of aromatic nitrogens is 1. The molecule has 2 saturated heterocycles. The van der Waals surface area contributed by atoms with E-state index in [1.54, 1.807) is 24.5 Å². The van der Waals surface area contributed by atoms with Crippen molar-refractivity contribution in [3.05, 3.63) is 65.7 Å². The summed E-state index contributed by atoms with van der Waals surface area (Å²) in [6.45, 7) is 0.743. The second-order valence-corrected chi connectivity index (χ2v) is 7.05. The third-order valence-electron chi connectivity index (χ3n) is 5.51. The highest BCUT2D eigenvalue weighted by Gasteiger charge is 2.53. The minimum absolute atomic E-state index is 0.0826. The summed E-state index contributed by atoms with van der Waals surface area (Å²) in [5.41, 5.74) is 0.882. The Morgan fingerprint density at radius 2 is 1.96 bits per heavy atom. The third-order valence-corrected chi connectivity index (χ3v) is 5.51. The Morgan fingerprint density at radius 3 is 2.65 bits per heavy atom. The van der Waals surface area contributed by atoms with Crippen LogP contribution in [0.15, 0.2) is 48.8 Å². The molecule has 2 fully saturated rings. The van der Waals surface area contributed by atoms with Crippen LogP contribution in [-0.2, 0) is 21.5 Å². The normalized spacial score (nSPS) is 24.6. The Morgan fingerprint density at radius 1 is 1.23 bits per heavy atom. The van der Waals surface area contributed by atoms with Gasteiger partial charge >= 0.3 is 0 Å². The molecular weight excluding hydrogens is 333 g/mol. The van der Waals surface area contributed by atoms with Gasteiger partial charge in [0.25, 0.3) is 0 Å². The smallest absolute Gasteiger partial charge is 0.232 e. The molecule has 2 atom stereocenters. The highest BCUT2D eigenvalue weighted by molar-refractivity contribution is 5.91. The maximum absolute atomic E-state index is 13.4. The predicted molar refractivity (Wildman–Crippen MR) is 93.5 cm³/mol. The number of rotatable bonds is 4. The fourth-order valence-corrected chi connectivity index (χ4v) is 4.11. The lowest BCUT2D eigenvalue weighted by Crippen LogP contribution is -2.46. The van der Waals surface area contributed by atoms with Crippen LogP contribution in [0.2, 0.25) is 0 Å². The standard InChI is InChI=1S/C20H20FN3O2/c21-16-3-1-15(2-4-16)20(11-17-5-6-18(25)24(17)13-20)19(26)23-12-14-7-9-22-10-8-14/h1-4,7-10,17H,5-6,11-13H2,(H,23,26)/t17-,20-/m0/s1. The van der Waals surface area contributed by atoms with Crippen LogP contribution in [0.25, 0.3) is 0 Å². The van der Waals surface area contributed by atoms with E-state index in [2.05, 4.69) is 10.3 Å². The molecule has 4 rings (SSSR count). The number of amides is 2. The summed E-state index contributed by atoms with van der Waals surface area (Å²) in [6.07, 6.45) is 5.26. The topological polar surface area (TPSA) is 62.3 Å². The van der Waals surface area contributed by atoms with Gasteiger partial charge in [0, 0.05) is 37.9 Å². The lowest BCUT2D eigenvalue weighted by Gasteiger charge is -2.29. The molecule has 5 nitrogen and oxygen atoms in total. The van der Waals surface area contributed by atoms with Crippen LogP contribution in [0.4, 0.5) is 4.39 Å². The van der Waals surface area contributed by atoms with E-state index in [9.17, 15) is 14.0 Å². The van der Waals surface area contributed by atoms with Gasteiger partial charge in [-0.15, -0.1) is 0 Å². The van der Waals surface area contributed by atoms with E-state index in [1.807, 2.05) is 17.0 Å². The molecule has 1 aromatic heterocycles. The van der Waals surface area contributed by atoms with Crippen molar-refractivity contribution in [1.82, 2.24) is 15.2 Å². The fourth-order valence-electron chi connectivity index (χ4n) is 4.11. The summed E-state index contributed by atoms with van der Waals surface area (Å²) in [6, 6.07) is 9.85. The van der Waals surface area contributed by atoms with Gasteiger partial charge in [-0.2, -0.15) is 0 Å². The summed E-state index contributed by atoms with van der Waals surface area (Å²) in [5, 5.41) is 3.00. The molecule has 2 aromatic rings. The molecule has 2 aliphatic heterocycles. The third kappa shape index (κ3) is 2.85. The van der Waals surface area contributed by atoms with Crippen molar-refractivity contribution in [2.45, 2.75) is 37.3 Å². The number of halogens is 1. The summed E-state index contributed by atoms with van der Waals surface area (Å²) in [5.74, 6) is -0.361. The van der Waals surface area contributed by atoms with E-state index in [4.69, 9.17) is 0 Å². The molecule has 0 bridgehead atoms. The molecule has 2 aliphatic rings. The number of hydrogen-bond donors (Lipinski definition) is 1. The molecular formula is C20H20FN3O2.